The highest BCUT2D eigenvalue weighted by Gasteiger charge is 2.36. The third-order valence-corrected chi connectivity index (χ3v) is 3.37. The van der Waals surface area contributed by atoms with Crippen molar-refractivity contribution in [1.29, 1.82) is 0 Å². The molecule has 0 spiro atoms. The average molecular weight is 290 g/mol. The van der Waals surface area contributed by atoms with E-state index < -0.39 is 23.9 Å². The predicted molar refractivity (Wildman–Crippen MR) is 66.5 cm³/mol. The van der Waals surface area contributed by atoms with Gasteiger partial charge in [0.15, 0.2) is 0 Å². The Morgan fingerprint density at radius 1 is 1.22 bits per heavy atom. The van der Waals surface area contributed by atoms with Crippen LogP contribution in [0.4, 0.5) is 5.69 Å². The van der Waals surface area contributed by atoms with E-state index in [1.54, 1.807) is 0 Å². The van der Waals surface area contributed by atoms with Crippen LogP contribution in [0.25, 0.3) is 0 Å². The van der Waals surface area contributed by atoms with Gasteiger partial charge in [-0.3, -0.25) is 4.79 Å². The van der Waals surface area contributed by atoms with Crippen molar-refractivity contribution in [3.05, 3.63) is 27.7 Å². The van der Waals surface area contributed by atoms with Crippen LogP contribution in [0.5, 0.6) is 0 Å². The number of rotatable bonds is 2. The summed E-state index contributed by atoms with van der Waals surface area (Å²) in [5.74, 6) is -3.16. The molecule has 2 rings (SSSR count). The number of nitrogens with one attached hydrogen (secondary N) is 1. The summed E-state index contributed by atoms with van der Waals surface area (Å²) in [5, 5.41) is 21.4. The van der Waals surface area contributed by atoms with Crippen molar-refractivity contribution in [3.63, 3.8) is 0 Å². The molecule has 0 saturated carbocycles. The standard InChI is InChI=1S/C11H9Cl2NO4/c12-4-1-6(13)9-5(10(15)16)3-8(11(17)18)14-7(9)2-4/h1-2,5,8,14H,3H2,(H,15,16)(H,17,18)/t5-,8-/m0/s1. The molecule has 3 N–H and O–H groups in total. The smallest absolute Gasteiger partial charge is 0.326 e. The maximum atomic E-state index is 11.2. The third kappa shape index (κ3) is 2.23. The van der Waals surface area contributed by atoms with Gasteiger partial charge in [0.25, 0.3) is 0 Å². The number of hydrogen-bond donors (Lipinski definition) is 3. The Balaban J connectivity index is 2.54. The molecule has 0 aromatic heterocycles. The van der Waals surface area contributed by atoms with Gasteiger partial charge >= 0.3 is 11.9 Å². The van der Waals surface area contributed by atoms with E-state index in [0.29, 0.717) is 16.3 Å². The van der Waals surface area contributed by atoms with Crippen LogP contribution in [0.15, 0.2) is 12.1 Å². The molecule has 1 aliphatic rings. The van der Waals surface area contributed by atoms with Gasteiger partial charge in [-0.1, -0.05) is 23.2 Å². The Morgan fingerprint density at radius 2 is 1.89 bits per heavy atom. The quantitative estimate of drug-likeness (QED) is 0.778. The second-order valence-corrected chi connectivity index (χ2v) is 4.85. The zero-order valence-electron chi connectivity index (χ0n) is 8.98. The highest BCUT2D eigenvalue weighted by atomic mass is 35.5. The van der Waals surface area contributed by atoms with E-state index in [1.807, 2.05) is 0 Å². The summed E-state index contributed by atoms with van der Waals surface area (Å²) in [4.78, 5) is 22.2. The van der Waals surface area contributed by atoms with E-state index in [1.165, 1.54) is 12.1 Å². The van der Waals surface area contributed by atoms with Gasteiger partial charge in [-0.2, -0.15) is 0 Å². The van der Waals surface area contributed by atoms with Crippen LogP contribution in [0.1, 0.15) is 17.9 Å². The van der Waals surface area contributed by atoms with Crippen LogP contribution in [-0.4, -0.2) is 28.2 Å². The van der Waals surface area contributed by atoms with Crippen LogP contribution >= 0.6 is 23.2 Å². The average Bonchev–Trinajstić information content (AvgIpc) is 2.26. The Morgan fingerprint density at radius 3 is 2.44 bits per heavy atom. The van der Waals surface area contributed by atoms with Crippen molar-refractivity contribution >= 4 is 40.8 Å². The van der Waals surface area contributed by atoms with E-state index >= 15 is 0 Å². The fourth-order valence-corrected chi connectivity index (χ4v) is 2.67. The lowest BCUT2D eigenvalue weighted by Crippen LogP contribution is -2.37. The van der Waals surface area contributed by atoms with Gasteiger partial charge in [0.05, 0.1) is 5.92 Å². The van der Waals surface area contributed by atoms with Gasteiger partial charge in [0.2, 0.25) is 0 Å². The largest absolute Gasteiger partial charge is 0.481 e. The number of halogens is 2. The normalized spacial score (nSPS) is 21.9. The van der Waals surface area contributed by atoms with E-state index in [-0.39, 0.29) is 11.4 Å². The summed E-state index contributed by atoms with van der Waals surface area (Å²) in [5.41, 5.74) is 0.740. The third-order valence-electron chi connectivity index (χ3n) is 2.84. The monoisotopic (exact) mass is 289 g/mol. The zero-order valence-corrected chi connectivity index (χ0v) is 10.5. The molecule has 0 radical (unpaired) electrons. The van der Waals surface area contributed by atoms with Crippen LogP contribution < -0.4 is 5.32 Å². The second kappa shape index (κ2) is 4.66. The summed E-state index contributed by atoms with van der Waals surface area (Å²) in [7, 11) is 0. The minimum absolute atomic E-state index is 0.0565. The number of fused-ring (bicyclic) bond motifs is 1. The molecule has 0 amide bonds. The first-order valence-electron chi connectivity index (χ1n) is 5.11. The maximum absolute atomic E-state index is 11.2. The predicted octanol–water partition coefficient (Wildman–Crippen LogP) is 2.43. The van der Waals surface area contributed by atoms with Gasteiger partial charge in [-0.05, 0) is 18.6 Å². The molecule has 18 heavy (non-hydrogen) atoms. The lowest BCUT2D eigenvalue weighted by molar-refractivity contribution is -0.140. The minimum atomic E-state index is -1.11. The molecular formula is C11H9Cl2NO4. The molecule has 96 valence electrons. The molecule has 0 bridgehead atoms. The summed E-state index contributed by atoms with van der Waals surface area (Å²) < 4.78 is 0. The fraction of sp³-hybridized carbons (Fsp3) is 0.273. The van der Waals surface area contributed by atoms with Crippen molar-refractivity contribution in [2.24, 2.45) is 0 Å². The first kappa shape index (κ1) is 13.0. The molecule has 1 aromatic rings. The summed E-state index contributed by atoms with van der Waals surface area (Å²) >= 11 is 11.8. The first-order valence-corrected chi connectivity index (χ1v) is 5.87. The lowest BCUT2D eigenvalue weighted by atomic mass is 9.87. The van der Waals surface area contributed by atoms with Gasteiger partial charge in [0, 0.05) is 21.3 Å². The lowest BCUT2D eigenvalue weighted by Gasteiger charge is -2.29. The highest BCUT2D eigenvalue weighted by molar-refractivity contribution is 6.36. The second-order valence-electron chi connectivity index (χ2n) is 4.01. The number of carbonyl (C=O) groups is 2. The van der Waals surface area contributed by atoms with E-state index in [9.17, 15) is 9.59 Å². The summed E-state index contributed by atoms with van der Waals surface area (Å²) in [6.45, 7) is 0. The van der Waals surface area contributed by atoms with Crippen molar-refractivity contribution in [1.82, 2.24) is 0 Å². The fourth-order valence-electron chi connectivity index (χ4n) is 2.05. The van der Waals surface area contributed by atoms with Crippen LogP contribution in [0.2, 0.25) is 10.0 Å². The van der Waals surface area contributed by atoms with E-state index in [2.05, 4.69) is 5.32 Å². The number of anilines is 1. The highest BCUT2D eigenvalue weighted by Crippen LogP contribution is 2.41. The van der Waals surface area contributed by atoms with E-state index in [4.69, 9.17) is 33.4 Å². The van der Waals surface area contributed by atoms with E-state index in [0.717, 1.165) is 0 Å². The Kier molecular flexibility index (Phi) is 3.36. The van der Waals surface area contributed by atoms with Crippen molar-refractivity contribution < 1.29 is 19.8 Å². The summed E-state index contributed by atoms with van der Waals surface area (Å²) in [6.07, 6.45) is -0.0565. The number of hydrogen-bond acceptors (Lipinski definition) is 3. The maximum Gasteiger partial charge on any atom is 0.326 e. The molecule has 5 nitrogen and oxygen atoms in total. The van der Waals surface area contributed by atoms with Gasteiger partial charge in [-0.15, -0.1) is 0 Å². The molecule has 1 aliphatic heterocycles. The Hall–Kier alpha value is -1.46. The van der Waals surface area contributed by atoms with Crippen LogP contribution in [0.3, 0.4) is 0 Å². The van der Waals surface area contributed by atoms with Crippen LogP contribution in [0, 0.1) is 0 Å². The molecule has 0 aliphatic carbocycles. The molecule has 0 saturated heterocycles. The number of aliphatic carboxylic acids is 2. The molecule has 0 unspecified atom stereocenters. The van der Waals surface area contributed by atoms with Crippen molar-refractivity contribution in [2.45, 2.75) is 18.4 Å². The van der Waals surface area contributed by atoms with Crippen LogP contribution in [-0.2, 0) is 9.59 Å². The van der Waals surface area contributed by atoms with Gasteiger partial charge < -0.3 is 15.5 Å². The topological polar surface area (TPSA) is 86.6 Å². The van der Waals surface area contributed by atoms with Gasteiger partial charge in [0.1, 0.15) is 6.04 Å². The number of benzene rings is 1. The Bertz CT molecular complexity index is 532. The first-order chi connectivity index (χ1) is 8.40. The minimum Gasteiger partial charge on any atom is -0.481 e. The zero-order chi connectivity index (χ0) is 13.4. The van der Waals surface area contributed by atoms with Crippen molar-refractivity contribution in [3.8, 4) is 0 Å². The molecule has 7 heteroatoms. The SMILES string of the molecule is O=C(O)[C@@H]1C[C@H](C(=O)O)c2c(Cl)cc(Cl)cc2N1. The molecule has 0 fully saturated rings. The molecule has 1 aromatic carbocycles. The molecular weight excluding hydrogens is 281 g/mol. The summed E-state index contributed by atoms with van der Waals surface area (Å²) in [6, 6.07) is 1.96. The van der Waals surface area contributed by atoms with Gasteiger partial charge in [-0.25, -0.2) is 4.79 Å². The Labute approximate surface area is 112 Å². The number of carboxylic acid groups (broad SMARTS) is 2. The molecule has 2 atom stereocenters. The van der Waals surface area contributed by atoms with Crippen molar-refractivity contribution in [2.75, 3.05) is 5.32 Å². The molecule has 1 heterocycles. The number of carboxylic acids is 2.